The fourth-order valence-corrected chi connectivity index (χ4v) is 5.05. The van der Waals surface area contributed by atoms with Crippen LogP contribution >= 0.6 is 23.2 Å². The standard InChI is InChI=1S/C25H25Cl2NO5S/c1-5-32-21-10-8-20(9-11-21)28(34(30,31)23-12-6-19(26)7-13-23)25(29)18(4)33-22-14-16(2)24(27)17(3)15-22/h6-15,18H,5H2,1-4H3. The van der Waals surface area contributed by atoms with Crippen molar-refractivity contribution in [2.75, 3.05) is 10.9 Å². The summed E-state index contributed by atoms with van der Waals surface area (Å²) >= 11 is 12.2. The van der Waals surface area contributed by atoms with E-state index in [1.165, 1.54) is 43.3 Å². The van der Waals surface area contributed by atoms with Gasteiger partial charge in [0.15, 0.2) is 6.10 Å². The van der Waals surface area contributed by atoms with Crippen molar-refractivity contribution >= 4 is 44.8 Å². The summed E-state index contributed by atoms with van der Waals surface area (Å²) in [5.74, 6) is 0.208. The van der Waals surface area contributed by atoms with Gasteiger partial charge in [-0.25, -0.2) is 8.42 Å². The molecule has 0 fully saturated rings. The molecule has 180 valence electrons. The van der Waals surface area contributed by atoms with Crippen LogP contribution < -0.4 is 13.8 Å². The van der Waals surface area contributed by atoms with Crippen LogP contribution in [-0.2, 0) is 14.8 Å². The Bertz CT molecular complexity index is 1250. The average molecular weight is 522 g/mol. The van der Waals surface area contributed by atoms with E-state index in [4.69, 9.17) is 32.7 Å². The minimum Gasteiger partial charge on any atom is -0.494 e. The number of hydrogen-bond acceptors (Lipinski definition) is 5. The Hall–Kier alpha value is -2.74. The molecule has 1 unspecified atom stereocenters. The fraction of sp³-hybridized carbons (Fsp3) is 0.240. The summed E-state index contributed by atoms with van der Waals surface area (Å²) in [6, 6.07) is 15.3. The third-order valence-corrected chi connectivity index (χ3v) is 7.59. The number of carbonyl (C=O) groups excluding carboxylic acids is 1. The second kappa shape index (κ2) is 10.7. The third-order valence-electron chi connectivity index (χ3n) is 5.00. The molecule has 0 spiro atoms. The molecule has 3 aromatic rings. The number of anilines is 1. The van der Waals surface area contributed by atoms with Crippen LogP contribution in [0.3, 0.4) is 0 Å². The van der Waals surface area contributed by atoms with Gasteiger partial charge in [-0.3, -0.25) is 4.79 Å². The van der Waals surface area contributed by atoms with Crippen molar-refractivity contribution in [3.63, 3.8) is 0 Å². The summed E-state index contributed by atoms with van der Waals surface area (Å²) in [6.45, 7) is 7.45. The molecule has 0 radical (unpaired) electrons. The summed E-state index contributed by atoms with van der Waals surface area (Å²) < 4.78 is 39.2. The zero-order valence-corrected chi connectivity index (χ0v) is 21.5. The van der Waals surface area contributed by atoms with Gasteiger partial charge >= 0.3 is 0 Å². The lowest BCUT2D eigenvalue weighted by Crippen LogP contribution is -2.44. The topological polar surface area (TPSA) is 72.9 Å². The molecule has 9 heteroatoms. The molecule has 0 heterocycles. The van der Waals surface area contributed by atoms with E-state index in [0.717, 1.165) is 15.4 Å². The van der Waals surface area contributed by atoms with Crippen molar-refractivity contribution < 1.29 is 22.7 Å². The van der Waals surface area contributed by atoms with E-state index in [-0.39, 0.29) is 10.6 Å². The van der Waals surface area contributed by atoms with Gasteiger partial charge < -0.3 is 9.47 Å². The molecule has 0 aromatic heterocycles. The van der Waals surface area contributed by atoms with Crippen LogP contribution in [0.15, 0.2) is 65.6 Å². The van der Waals surface area contributed by atoms with Gasteiger partial charge in [0.25, 0.3) is 15.9 Å². The summed E-state index contributed by atoms with van der Waals surface area (Å²) in [6.07, 6.45) is -1.12. The first-order valence-electron chi connectivity index (χ1n) is 10.6. The van der Waals surface area contributed by atoms with Crippen molar-refractivity contribution in [1.82, 2.24) is 0 Å². The summed E-state index contributed by atoms with van der Waals surface area (Å²) in [5.41, 5.74) is 1.73. The van der Waals surface area contributed by atoms with Crippen molar-refractivity contribution in [3.8, 4) is 11.5 Å². The molecular formula is C25H25Cl2NO5S. The number of nitrogens with zero attached hydrogens (tertiary/aromatic N) is 1. The quantitative estimate of drug-likeness (QED) is 0.352. The zero-order chi connectivity index (χ0) is 25.0. The van der Waals surface area contributed by atoms with Gasteiger partial charge in [0.1, 0.15) is 11.5 Å². The highest BCUT2D eigenvalue weighted by Gasteiger charge is 2.35. The first kappa shape index (κ1) is 25.9. The van der Waals surface area contributed by atoms with Crippen LogP contribution in [0.5, 0.6) is 11.5 Å². The minimum absolute atomic E-state index is 0.0792. The molecule has 1 amide bonds. The molecule has 6 nitrogen and oxygen atoms in total. The second-order valence-corrected chi connectivity index (χ2v) is 10.2. The Kier molecular flexibility index (Phi) is 8.13. The van der Waals surface area contributed by atoms with Crippen LogP contribution in [0, 0.1) is 13.8 Å². The maximum atomic E-state index is 13.6. The Morgan fingerprint density at radius 2 is 1.50 bits per heavy atom. The predicted octanol–water partition coefficient (Wildman–Crippen LogP) is 6.20. The van der Waals surface area contributed by atoms with Crippen LogP contribution in [0.25, 0.3) is 0 Å². The molecule has 0 aliphatic heterocycles. The lowest BCUT2D eigenvalue weighted by Gasteiger charge is -2.26. The summed E-state index contributed by atoms with van der Waals surface area (Å²) in [5, 5.41) is 0.982. The molecule has 0 saturated heterocycles. The van der Waals surface area contributed by atoms with Gasteiger partial charge in [0.05, 0.1) is 17.2 Å². The predicted molar refractivity (Wildman–Crippen MR) is 135 cm³/mol. The Morgan fingerprint density at radius 1 is 0.941 bits per heavy atom. The molecule has 0 saturated carbocycles. The van der Waals surface area contributed by atoms with E-state index >= 15 is 0 Å². The number of hydrogen-bond donors (Lipinski definition) is 0. The number of ether oxygens (including phenoxy) is 2. The Balaban J connectivity index is 2.01. The number of benzene rings is 3. The highest BCUT2D eigenvalue weighted by atomic mass is 35.5. The van der Waals surface area contributed by atoms with E-state index in [2.05, 4.69) is 0 Å². The lowest BCUT2D eigenvalue weighted by molar-refractivity contribution is -0.123. The van der Waals surface area contributed by atoms with Crippen molar-refractivity contribution in [2.24, 2.45) is 0 Å². The molecule has 0 N–H and O–H groups in total. The first-order chi connectivity index (χ1) is 16.0. The van der Waals surface area contributed by atoms with Crippen molar-refractivity contribution in [2.45, 2.75) is 38.7 Å². The number of amides is 1. The Labute approximate surface area is 210 Å². The van der Waals surface area contributed by atoms with Crippen LogP contribution in [0.4, 0.5) is 5.69 Å². The van der Waals surface area contributed by atoms with Gasteiger partial charge in [0.2, 0.25) is 0 Å². The summed E-state index contributed by atoms with van der Waals surface area (Å²) in [4.78, 5) is 13.4. The number of halogens is 2. The summed E-state index contributed by atoms with van der Waals surface area (Å²) in [7, 11) is -4.27. The van der Waals surface area contributed by atoms with E-state index in [0.29, 0.717) is 28.2 Å². The molecule has 0 aliphatic rings. The van der Waals surface area contributed by atoms with E-state index in [1.807, 2.05) is 20.8 Å². The fourth-order valence-electron chi connectivity index (χ4n) is 3.33. The van der Waals surface area contributed by atoms with Crippen LogP contribution in [-0.4, -0.2) is 27.0 Å². The first-order valence-corrected chi connectivity index (χ1v) is 12.7. The molecule has 34 heavy (non-hydrogen) atoms. The van der Waals surface area contributed by atoms with E-state index < -0.39 is 22.0 Å². The maximum Gasteiger partial charge on any atom is 0.281 e. The second-order valence-electron chi connectivity index (χ2n) is 7.62. The highest BCUT2D eigenvalue weighted by Crippen LogP contribution is 2.30. The molecular weight excluding hydrogens is 497 g/mol. The maximum absolute atomic E-state index is 13.6. The van der Waals surface area contributed by atoms with Gasteiger partial charge in [-0.05, 0) is 99.5 Å². The van der Waals surface area contributed by atoms with Gasteiger partial charge in [0, 0.05) is 10.0 Å². The Morgan fingerprint density at radius 3 is 2.03 bits per heavy atom. The highest BCUT2D eigenvalue weighted by molar-refractivity contribution is 7.93. The van der Waals surface area contributed by atoms with E-state index in [1.54, 1.807) is 24.3 Å². The minimum atomic E-state index is -4.27. The van der Waals surface area contributed by atoms with Gasteiger partial charge in [-0.1, -0.05) is 23.2 Å². The monoisotopic (exact) mass is 521 g/mol. The molecule has 3 rings (SSSR count). The number of carbonyl (C=O) groups is 1. The largest absolute Gasteiger partial charge is 0.494 e. The molecule has 1 atom stereocenters. The normalized spacial score (nSPS) is 12.2. The average Bonchev–Trinajstić information content (AvgIpc) is 2.79. The molecule has 3 aromatic carbocycles. The lowest BCUT2D eigenvalue weighted by atomic mass is 10.1. The van der Waals surface area contributed by atoms with Gasteiger partial charge in [-0.2, -0.15) is 4.31 Å². The molecule has 0 bridgehead atoms. The smallest absolute Gasteiger partial charge is 0.281 e. The van der Waals surface area contributed by atoms with Crippen molar-refractivity contribution in [1.29, 1.82) is 0 Å². The SMILES string of the molecule is CCOc1ccc(N(C(=O)C(C)Oc2cc(C)c(Cl)c(C)c2)S(=O)(=O)c2ccc(Cl)cc2)cc1. The van der Waals surface area contributed by atoms with Gasteiger partial charge in [-0.15, -0.1) is 0 Å². The van der Waals surface area contributed by atoms with Crippen LogP contribution in [0.1, 0.15) is 25.0 Å². The number of aryl methyl sites for hydroxylation is 2. The zero-order valence-electron chi connectivity index (χ0n) is 19.2. The number of sulfonamides is 1. The third kappa shape index (κ3) is 5.66. The van der Waals surface area contributed by atoms with E-state index in [9.17, 15) is 13.2 Å². The molecule has 0 aliphatic carbocycles. The number of rotatable bonds is 8. The van der Waals surface area contributed by atoms with Crippen LogP contribution in [0.2, 0.25) is 10.0 Å². The van der Waals surface area contributed by atoms with Crippen molar-refractivity contribution in [3.05, 3.63) is 81.8 Å².